The van der Waals surface area contributed by atoms with Gasteiger partial charge in [0.25, 0.3) is 10.0 Å². The number of sulfonamides is 1. The third kappa shape index (κ3) is 3.61. The molecule has 8 heteroatoms. The highest BCUT2D eigenvalue weighted by Crippen LogP contribution is 2.30. The van der Waals surface area contributed by atoms with Crippen molar-refractivity contribution >= 4 is 48.9 Å². The number of nitrogens with one attached hydrogen (secondary N) is 1. The van der Waals surface area contributed by atoms with E-state index in [2.05, 4.69) is 20.7 Å². The summed E-state index contributed by atoms with van der Waals surface area (Å²) in [5.41, 5.74) is 6.26. The van der Waals surface area contributed by atoms with Gasteiger partial charge in [-0.05, 0) is 46.3 Å². The molecule has 0 aliphatic carbocycles. The molecule has 2 aromatic carbocycles. The molecule has 2 rings (SSSR count). The van der Waals surface area contributed by atoms with Crippen LogP contribution in [0.2, 0.25) is 5.02 Å². The number of hydrogen-bond donors (Lipinski definition) is 2. The Morgan fingerprint density at radius 1 is 1.24 bits per heavy atom. The van der Waals surface area contributed by atoms with Gasteiger partial charge in [-0.15, -0.1) is 0 Å². The highest BCUT2D eigenvalue weighted by Gasteiger charge is 2.17. The fourth-order valence-corrected chi connectivity index (χ4v) is 3.41. The number of anilines is 2. The molecule has 3 N–H and O–H groups in total. The molecule has 2 aromatic rings. The topological polar surface area (TPSA) is 81.4 Å². The molecule has 0 fully saturated rings. The van der Waals surface area contributed by atoms with E-state index in [9.17, 15) is 8.42 Å². The first-order valence-corrected chi connectivity index (χ1v) is 8.40. The van der Waals surface area contributed by atoms with Crippen LogP contribution in [0, 0.1) is 0 Å². The minimum Gasteiger partial charge on any atom is -0.497 e. The number of benzene rings is 2. The van der Waals surface area contributed by atoms with E-state index in [1.165, 1.54) is 25.3 Å². The molecule has 0 atom stereocenters. The van der Waals surface area contributed by atoms with Crippen molar-refractivity contribution in [3.8, 4) is 5.75 Å². The van der Waals surface area contributed by atoms with E-state index < -0.39 is 10.0 Å². The molecule has 0 spiro atoms. The van der Waals surface area contributed by atoms with Crippen molar-refractivity contribution in [1.82, 2.24) is 0 Å². The Morgan fingerprint density at radius 2 is 1.95 bits per heavy atom. The molecule has 0 amide bonds. The quantitative estimate of drug-likeness (QED) is 0.782. The van der Waals surface area contributed by atoms with Gasteiger partial charge < -0.3 is 10.5 Å². The smallest absolute Gasteiger partial charge is 0.261 e. The molecular formula is C13H12BrClN2O3S. The molecule has 0 saturated carbocycles. The van der Waals surface area contributed by atoms with Gasteiger partial charge in [0.15, 0.2) is 0 Å². The highest BCUT2D eigenvalue weighted by molar-refractivity contribution is 9.10. The Balaban J connectivity index is 2.39. The van der Waals surface area contributed by atoms with Crippen molar-refractivity contribution in [1.29, 1.82) is 0 Å². The van der Waals surface area contributed by atoms with Gasteiger partial charge in [0.2, 0.25) is 0 Å². The highest BCUT2D eigenvalue weighted by atomic mass is 79.9. The second-order valence-corrected chi connectivity index (χ2v) is 7.08. The predicted molar refractivity (Wildman–Crippen MR) is 87.4 cm³/mol. The van der Waals surface area contributed by atoms with E-state index in [4.69, 9.17) is 22.1 Å². The van der Waals surface area contributed by atoms with Gasteiger partial charge in [0.05, 0.1) is 28.4 Å². The number of ether oxygens (including phenoxy) is 1. The van der Waals surface area contributed by atoms with E-state index in [0.717, 1.165) is 0 Å². The molecule has 21 heavy (non-hydrogen) atoms. The zero-order valence-electron chi connectivity index (χ0n) is 10.9. The summed E-state index contributed by atoms with van der Waals surface area (Å²) in [5, 5.41) is 0.183. The molecule has 0 bridgehead atoms. The summed E-state index contributed by atoms with van der Waals surface area (Å²) in [6.07, 6.45) is 0. The summed E-state index contributed by atoms with van der Waals surface area (Å²) in [4.78, 5) is 0.0245. The van der Waals surface area contributed by atoms with Crippen molar-refractivity contribution in [2.45, 2.75) is 4.90 Å². The number of methoxy groups -OCH3 is 1. The summed E-state index contributed by atoms with van der Waals surface area (Å²) in [5.74, 6) is 0.534. The number of rotatable bonds is 4. The zero-order chi connectivity index (χ0) is 15.6. The van der Waals surface area contributed by atoms with Crippen LogP contribution in [0.15, 0.2) is 45.8 Å². The lowest BCUT2D eigenvalue weighted by atomic mass is 10.3. The average molecular weight is 392 g/mol. The number of halogens is 2. The molecule has 0 aromatic heterocycles. The van der Waals surface area contributed by atoms with E-state index in [1.54, 1.807) is 18.2 Å². The first kappa shape index (κ1) is 15.9. The predicted octanol–water partition coefficient (Wildman–Crippen LogP) is 3.49. The van der Waals surface area contributed by atoms with Crippen molar-refractivity contribution in [2.24, 2.45) is 0 Å². The summed E-state index contributed by atoms with van der Waals surface area (Å²) < 4.78 is 32.8. The van der Waals surface area contributed by atoms with Crippen LogP contribution in [0.25, 0.3) is 0 Å². The third-order valence-electron chi connectivity index (χ3n) is 2.70. The molecule has 0 heterocycles. The van der Waals surface area contributed by atoms with Crippen molar-refractivity contribution < 1.29 is 13.2 Å². The Bertz CT molecular complexity index is 781. The second-order valence-electron chi connectivity index (χ2n) is 4.13. The molecule has 0 aliphatic heterocycles. The van der Waals surface area contributed by atoms with Crippen LogP contribution < -0.4 is 15.2 Å². The van der Waals surface area contributed by atoms with Crippen LogP contribution in [0.5, 0.6) is 5.75 Å². The van der Waals surface area contributed by atoms with Crippen LogP contribution in [0.4, 0.5) is 11.4 Å². The average Bonchev–Trinajstić information content (AvgIpc) is 2.44. The van der Waals surface area contributed by atoms with Crippen LogP contribution in [-0.4, -0.2) is 15.5 Å². The van der Waals surface area contributed by atoms with Gasteiger partial charge in [0.1, 0.15) is 5.75 Å². The first-order valence-electron chi connectivity index (χ1n) is 5.75. The number of hydrogen-bond acceptors (Lipinski definition) is 4. The van der Waals surface area contributed by atoms with Gasteiger partial charge >= 0.3 is 0 Å². The van der Waals surface area contributed by atoms with Crippen molar-refractivity contribution in [3.63, 3.8) is 0 Å². The Kier molecular flexibility index (Phi) is 4.65. The summed E-state index contributed by atoms with van der Waals surface area (Å²) >= 11 is 9.14. The lowest BCUT2D eigenvalue weighted by Crippen LogP contribution is -2.13. The van der Waals surface area contributed by atoms with Gasteiger partial charge in [0, 0.05) is 10.5 Å². The maximum Gasteiger partial charge on any atom is 0.261 e. The normalized spacial score (nSPS) is 11.2. The van der Waals surface area contributed by atoms with Gasteiger partial charge in [-0.1, -0.05) is 11.6 Å². The van der Waals surface area contributed by atoms with Gasteiger partial charge in [-0.2, -0.15) is 0 Å². The fourth-order valence-electron chi connectivity index (χ4n) is 1.59. The Labute approximate surface area is 136 Å². The van der Waals surface area contributed by atoms with E-state index in [-0.39, 0.29) is 9.92 Å². The molecule has 0 radical (unpaired) electrons. The Hall–Kier alpha value is -1.44. The minimum atomic E-state index is -3.78. The number of nitrogens with two attached hydrogens (primary N) is 1. The molecule has 0 aliphatic rings. The standard InChI is InChI=1S/C13H12BrClN2O3S/c1-20-8-2-4-10(14)13(6-8)17-21(18,19)9-3-5-12(16)11(15)7-9/h2-7,17H,16H2,1H3. The molecule has 0 unspecified atom stereocenters. The molecular weight excluding hydrogens is 380 g/mol. The van der Waals surface area contributed by atoms with Crippen LogP contribution in [-0.2, 0) is 10.0 Å². The second kappa shape index (κ2) is 6.13. The first-order chi connectivity index (χ1) is 9.83. The Morgan fingerprint density at radius 3 is 2.57 bits per heavy atom. The minimum absolute atomic E-state index is 0.0245. The summed E-state index contributed by atoms with van der Waals surface area (Å²) in [6, 6.07) is 9.09. The monoisotopic (exact) mass is 390 g/mol. The fraction of sp³-hybridized carbons (Fsp3) is 0.0769. The van der Waals surface area contributed by atoms with Crippen LogP contribution in [0.3, 0.4) is 0 Å². The van der Waals surface area contributed by atoms with Crippen LogP contribution >= 0.6 is 27.5 Å². The third-order valence-corrected chi connectivity index (χ3v) is 5.08. The van der Waals surface area contributed by atoms with Gasteiger partial charge in [-0.3, -0.25) is 4.72 Å². The lowest BCUT2D eigenvalue weighted by molar-refractivity contribution is 0.415. The maximum absolute atomic E-state index is 12.3. The van der Waals surface area contributed by atoms with Crippen molar-refractivity contribution in [3.05, 3.63) is 45.9 Å². The van der Waals surface area contributed by atoms with Crippen LogP contribution in [0.1, 0.15) is 0 Å². The van der Waals surface area contributed by atoms with E-state index in [1.807, 2.05) is 0 Å². The molecule has 0 saturated heterocycles. The zero-order valence-corrected chi connectivity index (χ0v) is 14.1. The van der Waals surface area contributed by atoms with Gasteiger partial charge in [-0.25, -0.2) is 8.42 Å². The molecule has 5 nitrogen and oxygen atoms in total. The largest absolute Gasteiger partial charge is 0.497 e. The summed E-state index contributed by atoms with van der Waals surface area (Å²) in [6.45, 7) is 0. The van der Waals surface area contributed by atoms with Crippen molar-refractivity contribution in [2.75, 3.05) is 17.6 Å². The number of nitrogen functional groups attached to an aromatic ring is 1. The maximum atomic E-state index is 12.3. The van der Waals surface area contributed by atoms with E-state index >= 15 is 0 Å². The summed E-state index contributed by atoms with van der Waals surface area (Å²) in [7, 11) is -2.27. The SMILES string of the molecule is COc1ccc(Br)c(NS(=O)(=O)c2ccc(N)c(Cl)c2)c1. The lowest BCUT2D eigenvalue weighted by Gasteiger charge is -2.11. The van der Waals surface area contributed by atoms with E-state index in [0.29, 0.717) is 21.6 Å². The molecule has 112 valence electrons.